The number of rotatable bonds is 6. The number of carbonyl (C=O) groups excluding carboxylic acids is 1. The number of anilines is 1. The van der Waals surface area contributed by atoms with Crippen LogP contribution in [0, 0.1) is 22.7 Å². The van der Waals surface area contributed by atoms with Crippen LogP contribution in [0.1, 0.15) is 59.9 Å². The van der Waals surface area contributed by atoms with Crippen molar-refractivity contribution < 1.29 is 9.53 Å². The predicted octanol–water partition coefficient (Wildman–Crippen LogP) is 7.83. The molecule has 0 spiro atoms. The molecule has 1 aromatic carbocycles. The van der Waals surface area contributed by atoms with Gasteiger partial charge >= 0.3 is 5.97 Å². The van der Waals surface area contributed by atoms with Crippen molar-refractivity contribution in [2.24, 2.45) is 11.3 Å². The molecule has 0 saturated heterocycles. The summed E-state index contributed by atoms with van der Waals surface area (Å²) >= 11 is 8.98. The Kier molecular flexibility index (Phi) is 7.65. The van der Waals surface area contributed by atoms with Crippen LogP contribution < -0.4 is 5.32 Å². The average Bonchev–Trinajstić information content (AvgIpc) is 3.44. The number of nitriles is 1. The Hall–Kier alpha value is -2.66. The van der Waals surface area contributed by atoms with Gasteiger partial charge in [0.2, 0.25) is 0 Å². The lowest BCUT2D eigenvalue weighted by Crippen LogP contribution is -2.26. The standard InChI is InChI=1S/C27H28ClN3O2S2/c1-5-33-26(32)23-20-11-8-18(27(2,3)4)12-22(20)35-25(23)30-14-17(13-29)24-31-21(15-34-24)16-6-9-19(28)10-7-16/h6-7,9-10,14-15,18,30H,5,8,11-12H2,1-4H3/b17-14-/t18-/m0/s1. The Morgan fingerprint density at radius 1 is 1.34 bits per heavy atom. The third kappa shape index (κ3) is 5.61. The van der Waals surface area contributed by atoms with Gasteiger partial charge in [0.25, 0.3) is 0 Å². The van der Waals surface area contributed by atoms with Crippen LogP contribution in [-0.2, 0) is 17.6 Å². The second-order valence-corrected chi connectivity index (χ2v) is 12.0. The minimum Gasteiger partial charge on any atom is -0.462 e. The second-order valence-electron chi connectivity index (χ2n) is 9.59. The van der Waals surface area contributed by atoms with Crippen molar-refractivity contribution in [1.82, 2.24) is 4.98 Å². The maximum absolute atomic E-state index is 12.9. The number of fused-ring (bicyclic) bond motifs is 1. The number of benzene rings is 1. The smallest absolute Gasteiger partial charge is 0.341 e. The molecule has 1 N–H and O–H groups in total. The SMILES string of the molecule is CCOC(=O)c1c(N/C=C(/C#N)c2nc(-c3ccc(Cl)cc3)cs2)sc2c1CC[C@H](C(C)(C)C)C2. The monoisotopic (exact) mass is 525 g/mol. The summed E-state index contributed by atoms with van der Waals surface area (Å²) < 4.78 is 5.39. The van der Waals surface area contributed by atoms with E-state index in [-0.39, 0.29) is 11.4 Å². The molecule has 2 aromatic heterocycles. The number of allylic oxidation sites excluding steroid dienone is 1. The summed E-state index contributed by atoms with van der Waals surface area (Å²) in [4.78, 5) is 18.8. The van der Waals surface area contributed by atoms with E-state index in [2.05, 4.69) is 37.1 Å². The number of halogens is 1. The molecule has 1 aliphatic carbocycles. The van der Waals surface area contributed by atoms with Crippen LogP contribution in [0.15, 0.2) is 35.8 Å². The first-order valence-electron chi connectivity index (χ1n) is 11.6. The fourth-order valence-corrected chi connectivity index (χ4v) is 6.48. The van der Waals surface area contributed by atoms with Gasteiger partial charge in [-0.25, -0.2) is 9.78 Å². The number of thiophene rings is 1. The van der Waals surface area contributed by atoms with Crippen LogP contribution in [0.2, 0.25) is 5.02 Å². The molecule has 1 atom stereocenters. The highest BCUT2D eigenvalue weighted by molar-refractivity contribution is 7.16. The van der Waals surface area contributed by atoms with Gasteiger partial charge in [-0.15, -0.1) is 22.7 Å². The van der Waals surface area contributed by atoms with E-state index in [1.807, 2.05) is 36.6 Å². The first kappa shape index (κ1) is 25.4. The molecule has 0 saturated carbocycles. The number of thiazole rings is 1. The fraction of sp³-hybridized carbons (Fsp3) is 0.370. The van der Waals surface area contributed by atoms with E-state index in [0.29, 0.717) is 33.7 Å². The molecular weight excluding hydrogens is 498 g/mol. The van der Waals surface area contributed by atoms with E-state index < -0.39 is 0 Å². The van der Waals surface area contributed by atoms with Gasteiger partial charge < -0.3 is 10.1 Å². The molecule has 3 aromatic rings. The molecular formula is C27H28ClN3O2S2. The van der Waals surface area contributed by atoms with Crippen molar-refractivity contribution >= 4 is 50.8 Å². The molecule has 0 fully saturated rings. The zero-order valence-corrected chi connectivity index (χ0v) is 22.7. The van der Waals surface area contributed by atoms with Gasteiger partial charge in [0.05, 0.1) is 17.9 Å². The minimum atomic E-state index is -0.312. The summed E-state index contributed by atoms with van der Waals surface area (Å²) in [7, 11) is 0. The Balaban J connectivity index is 1.63. The quantitative estimate of drug-likeness (QED) is 0.262. The van der Waals surface area contributed by atoms with Crippen LogP contribution in [0.3, 0.4) is 0 Å². The first-order valence-corrected chi connectivity index (χ1v) is 13.7. The molecule has 1 aliphatic rings. The van der Waals surface area contributed by atoms with E-state index in [0.717, 1.165) is 41.1 Å². The fourth-order valence-electron chi connectivity index (χ4n) is 4.28. The molecule has 0 aliphatic heterocycles. The van der Waals surface area contributed by atoms with Crippen molar-refractivity contribution in [2.75, 3.05) is 11.9 Å². The van der Waals surface area contributed by atoms with Crippen molar-refractivity contribution in [2.45, 2.75) is 47.0 Å². The van der Waals surface area contributed by atoms with Crippen LogP contribution in [0.4, 0.5) is 5.00 Å². The van der Waals surface area contributed by atoms with Crippen LogP contribution in [0.25, 0.3) is 16.8 Å². The molecule has 0 radical (unpaired) electrons. The van der Waals surface area contributed by atoms with Crippen molar-refractivity contribution in [3.63, 3.8) is 0 Å². The lowest BCUT2D eigenvalue weighted by molar-refractivity contribution is 0.0526. The van der Waals surface area contributed by atoms with E-state index in [1.54, 1.807) is 17.5 Å². The molecule has 0 unspecified atom stereocenters. The van der Waals surface area contributed by atoms with Gasteiger partial charge in [-0.1, -0.05) is 44.5 Å². The summed E-state index contributed by atoms with van der Waals surface area (Å²) in [6.45, 7) is 8.95. The molecule has 0 amide bonds. The molecule has 2 heterocycles. The van der Waals surface area contributed by atoms with E-state index in [4.69, 9.17) is 16.3 Å². The zero-order valence-electron chi connectivity index (χ0n) is 20.3. The number of hydrogen-bond acceptors (Lipinski definition) is 7. The summed E-state index contributed by atoms with van der Waals surface area (Å²) in [6.07, 6.45) is 4.50. The third-order valence-electron chi connectivity index (χ3n) is 6.31. The van der Waals surface area contributed by atoms with Gasteiger partial charge in [-0.3, -0.25) is 0 Å². The van der Waals surface area contributed by atoms with Crippen molar-refractivity contribution in [1.29, 1.82) is 5.26 Å². The van der Waals surface area contributed by atoms with Crippen LogP contribution in [0.5, 0.6) is 0 Å². The first-order chi connectivity index (χ1) is 16.7. The van der Waals surface area contributed by atoms with Gasteiger partial charge in [0, 0.05) is 27.0 Å². The lowest BCUT2D eigenvalue weighted by atomic mass is 9.72. The van der Waals surface area contributed by atoms with Crippen LogP contribution >= 0.6 is 34.3 Å². The number of ether oxygens (including phenoxy) is 1. The van der Waals surface area contributed by atoms with Crippen molar-refractivity contribution in [3.05, 3.63) is 61.9 Å². The highest BCUT2D eigenvalue weighted by atomic mass is 35.5. The molecule has 182 valence electrons. The van der Waals surface area contributed by atoms with Crippen LogP contribution in [-0.4, -0.2) is 17.6 Å². The number of nitrogens with zero attached hydrogens (tertiary/aromatic N) is 2. The number of nitrogens with one attached hydrogen (secondary N) is 1. The Morgan fingerprint density at radius 3 is 2.74 bits per heavy atom. The Labute approximate surface area is 219 Å². The van der Waals surface area contributed by atoms with Gasteiger partial charge in [-0.2, -0.15) is 5.26 Å². The normalized spacial score (nSPS) is 15.9. The maximum Gasteiger partial charge on any atom is 0.341 e. The molecule has 8 heteroatoms. The number of aromatic nitrogens is 1. The van der Waals surface area contributed by atoms with E-state index >= 15 is 0 Å². The maximum atomic E-state index is 12.9. The highest BCUT2D eigenvalue weighted by Crippen LogP contribution is 2.44. The summed E-state index contributed by atoms with van der Waals surface area (Å²) in [6, 6.07) is 9.68. The largest absolute Gasteiger partial charge is 0.462 e. The number of carbonyl (C=O) groups is 1. The topological polar surface area (TPSA) is 75.0 Å². The lowest BCUT2D eigenvalue weighted by Gasteiger charge is -2.33. The minimum absolute atomic E-state index is 0.208. The summed E-state index contributed by atoms with van der Waals surface area (Å²) in [5.41, 5.74) is 4.03. The van der Waals surface area contributed by atoms with Gasteiger partial charge in [-0.05, 0) is 55.2 Å². The number of hydrogen-bond donors (Lipinski definition) is 1. The van der Waals surface area contributed by atoms with E-state index in [9.17, 15) is 10.1 Å². The zero-order chi connectivity index (χ0) is 25.2. The van der Waals surface area contributed by atoms with Gasteiger partial charge in [0.15, 0.2) is 0 Å². The molecule has 5 nitrogen and oxygen atoms in total. The molecule has 35 heavy (non-hydrogen) atoms. The van der Waals surface area contributed by atoms with Crippen molar-refractivity contribution in [3.8, 4) is 17.3 Å². The Morgan fingerprint density at radius 2 is 2.09 bits per heavy atom. The second kappa shape index (κ2) is 10.5. The molecule has 0 bridgehead atoms. The summed E-state index contributed by atoms with van der Waals surface area (Å²) in [5.74, 6) is 0.247. The number of esters is 1. The molecule has 4 rings (SSSR count). The summed E-state index contributed by atoms with van der Waals surface area (Å²) in [5, 5.41) is 17.0. The van der Waals surface area contributed by atoms with E-state index in [1.165, 1.54) is 16.2 Å². The predicted molar refractivity (Wildman–Crippen MR) is 145 cm³/mol. The van der Waals surface area contributed by atoms with Gasteiger partial charge in [0.1, 0.15) is 21.7 Å². The highest BCUT2D eigenvalue weighted by Gasteiger charge is 2.34. The third-order valence-corrected chi connectivity index (χ3v) is 8.63. The Bertz CT molecular complexity index is 1290. The average molecular weight is 526 g/mol.